The number of nitrogens with one attached hydrogen (secondary N) is 1. The largest absolute Gasteiger partial charge is 0.481 e. The van der Waals surface area contributed by atoms with E-state index in [2.05, 4.69) is 5.32 Å². The van der Waals surface area contributed by atoms with Gasteiger partial charge >= 0.3 is 5.97 Å². The summed E-state index contributed by atoms with van der Waals surface area (Å²) in [6.07, 6.45) is -0.502. The molecule has 1 rings (SSSR count). The summed E-state index contributed by atoms with van der Waals surface area (Å²) in [6, 6.07) is 0. The number of rotatable bonds is 3. The molecular weight excluding hydrogens is 161 g/mol. The van der Waals surface area contributed by atoms with Gasteiger partial charge in [0.05, 0.1) is 6.42 Å². The minimum Gasteiger partial charge on any atom is -0.481 e. The lowest BCUT2D eigenvalue weighted by atomic mass is 9.80. The molecule has 1 fully saturated rings. The minimum atomic E-state index is -1.05. The van der Waals surface area contributed by atoms with Crippen LogP contribution in [0.2, 0.25) is 0 Å². The quantitative estimate of drug-likeness (QED) is 0.667. The molecule has 0 aromatic carbocycles. The highest BCUT2D eigenvalue weighted by Gasteiger charge is 2.41. The summed E-state index contributed by atoms with van der Waals surface area (Å²) in [5.74, 6) is -0.914. The molecule has 2 N–H and O–H groups in total. The highest BCUT2D eigenvalue weighted by molar-refractivity contribution is 5.68. The first-order valence-electron chi connectivity index (χ1n) is 4.13. The first-order chi connectivity index (χ1) is 5.57. The summed E-state index contributed by atoms with van der Waals surface area (Å²) < 4.78 is 13.1. The number of aliphatic carboxylic acids is 1. The number of carboxylic acid groups (broad SMARTS) is 1. The van der Waals surface area contributed by atoms with Crippen molar-refractivity contribution in [2.24, 2.45) is 5.41 Å². The number of halogens is 1. The van der Waals surface area contributed by atoms with Gasteiger partial charge in [-0.05, 0) is 19.9 Å². The maximum Gasteiger partial charge on any atom is 0.304 e. The smallest absolute Gasteiger partial charge is 0.304 e. The number of hydrogen-bond acceptors (Lipinski definition) is 2. The van der Waals surface area contributed by atoms with Crippen LogP contribution in [0.5, 0.6) is 0 Å². The summed E-state index contributed by atoms with van der Waals surface area (Å²) in [5.41, 5.74) is -0.661. The van der Waals surface area contributed by atoms with Crippen LogP contribution in [0.3, 0.4) is 0 Å². The maximum atomic E-state index is 13.1. The van der Waals surface area contributed by atoms with Gasteiger partial charge in [0.2, 0.25) is 0 Å². The Kier molecular flexibility index (Phi) is 2.67. The summed E-state index contributed by atoms with van der Waals surface area (Å²) in [5, 5.41) is 11.6. The maximum absolute atomic E-state index is 13.1. The standard InChI is InChI=1S/C8H14FNO2/c1-6(9)8(4-7(11)12)2-3-10-5-8/h6,10H,2-5H2,1H3,(H,11,12). The topological polar surface area (TPSA) is 49.3 Å². The van der Waals surface area contributed by atoms with Gasteiger partial charge in [0, 0.05) is 12.0 Å². The second-order valence-corrected chi connectivity index (χ2v) is 3.48. The second-order valence-electron chi connectivity index (χ2n) is 3.48. The zero-order chi connectivity index (χ0) is 9.19. The van der Waals surface area contributed by atoms with Gasteiger partial charge in [-0.2, -0.15) is 0 Å². The Morgan fingerprint density at radius 1 is 1.83 bits per heavy atom. The highest BCUT2D eigenvalue weighted by Crippen LogP contribution is 2.35. The molecule has 1 heterocycles. The molecule has 1 aliphatic rings. The predicted molar refractivity (Wildman–Crippen MR) is 42.7 cm³/mol. The molecule has 0 spiro atoms. The first kappa shape index (κ1) is 9.45. The SMILES string of the molecule is CC(F)C1(CC(=O)O)CCNC1. The van der Waals surface area contributed by atoms with E-state index in [0.29, 0.717) is 13.0 Å². The second kappa shape index (κ2) is 3.39. The Hall–Kier alpha value is -0.640. The van der Waals surface area contributed by atoms with Crippen LogP contribution in [-0.4, -0.2) is 30.3 Å². The molecule has 4 heteroatoms. The summed E-state index contributed by atoms with van der Waals surface area (Å²) in [6.45, 7) is 2.65. The molecule has 0 aliphatic carbocycles. The molecule has 3 nitrogen and oxygen atoms in total. The fraction of sp³-hybridized carbons (Fsp3) is 0.875. The van der Waals surface area contributed by atoms with Crippen molar-refractivity contribution in [1.82, 2.24) is 5.32 Å². The van der Waals surface area contributed by atoms with Gasteiger partial charge in [0.15, 0.2) is 0 Å². The van der Waals surface area contributed by atoms with Crippen molar-refractivity contribution in [2.75, 3.05) is 13.1 Å². The molecule has 0 radical (unpaired) electrons. The third kappa shape index (κ3) is 1.75. The lowest BCUT2D eigenvalue weighted by molar-refractivity contribution is -0.140. The van der Waals surface area contributed by atoms with Crippen LogP contribution in [0.15, 0.2) is 0 Å². The highest BCUT2D eigenvalue weighted by atomic mass is 19.1. The van der Waals surface area contributed by atoms with Crippen LogP contribution >= 0.6 is 0 Å². The summed E-state index contributed by atoms with van der Waals surface area (Å²) in [7, 11) is 0. The van der Waals surface area contributed by atoms with Gasteiger partial charge < -0.3 is 10.4 Å². The van der Waals surface area contributed by atoms with Crippen molar-refractivity contribution in [2.45, 2.75) is 25.9 Å². The van der Waals surface area contributed by atoms with Crippen molar-refractivity contribution in [3.63, 3.8) is 0 Å². The van der Waals surface area contributed by atoms with Gasteiger partial charge in [-0.1, -0.05) is 0 Å². The van der Waals surface area contributed by atoms with Crippen molar-refractivity contribution >= 4 is 5.97 Å². The zero-order valence-corrected chi connectivity index (χ0v) is 7.14. The fourth-order valence-corrected chi connectivity index (χ4v) is 1.70. The Labute approximate surface area is 71.0 Å². The molecule has 0 aromatic heterocycles. The molecule has 1 aliphatic heterocycles. The molecule has 12 heavy (non-hydrogen) atoms. The molecule has 2 atom stereocenters. The third-order valence-electron chi connectivity index (χ3n) is 2.62. The van der Waals surface area contributed by atoms with E-state index < -0.39 is 17.6 Å². The molecule has 0 bridgehead atoms. The van der Waals surface area contributed by atoms with E-state index in [-0.39, 0.29) is 6.42 Å². The lowest BCUT2D eigenvalue weighted by Gasteiger charge is -2.27. The fourth-order valence-electron chi connectivity index (χ4n) is 1.70. The van der Waals surface area contributed by atoms with Crippen LogP contribution in [-0.2, 0) is 4.79 Å². The average molecular weight is 175 g/mol. The van der Waals surface area contributed by atoms with Gasteiger partial charge in [-0.15, -0.1) is 0 Å². The third-order valence-corrected chi connectivity index (χ3v) is 2.62. The zero-order valence-electron chi connectivity index (χ0n) is 7.14. The van der Waals surface area contributed by atoms with Crippen LogP contribution in [0.4, 0.5) is 4.39 Å². The number of alkyl halides is 1. The normalized spacial score (nSPS) is 31.8. The molecular formula is C8H14FNO2. The van der Waals surface area contributed by atoms with Gasteiger partial charge in [-0.3, -0.25) is 4.79 Å². The Balaban J connectivity index is 2.65. The predicted octanol–water partition coefficient (Wildman–Crippen LogP) is 0.799. The van der Waals surface area contributed by atoms with E-state index in [0.717, 1.165) is 6.54 Å². The molecule has 0 amide bonds. The van der Waals surface area contributed by atoms with E-state index in [1.54, 1.807) is 0 Å². The lowest BCUT2D eigenvalue weighted by Crippen LogP contribution is -2.35. The Bertz CT molecular complexity index is 176. The van der Waals surface area contributed by atoms with Crippen LogP contribution in [0, 0.1) is 5.41 Å². The molecule has 2 unspecified atom stereocenters. The summed E-state index contributed by atoms with van der Waals surface area (Å²) in [4.78, 5) is 10.5. The van der Waals surface area contributed by atoms with Crippen molar-refractivity contribution in [3.8, 4) is 0 Å². The van der Waals surface area contributed by atoms with E-state index >= 15 is 0 Å². The van der Waals surface area contributed by atoms with Crippen molar-refractivity contribution in [3.05, 3.63) is 0 Å². The van der Waals surface area contributed by atoms with Gasteiger partial charge in [0.1, 0.15) is 6.17 Å². The summed E-state index contributed by atoms with van der Waals surface area (Å²) >= 11 is 0. The number of carboxylic acids is 1. The van der Waals surface area contributed by atoms with Crippen LogP contribution < -0.4 is 5.32 Å². The molecule has 0 saturated carbocycles. The van der Waals surface area contributed by atoms with Crippen LogP contribution in [0.1, 0.15) is 19.8 Å². The van der Waals surface area contributed by atoms with Crippen LogP contribution in [0.25, 0.3) is 0 Å². The monoisotopic (exact) mass is 175 g/mol. The minimum absolute atomic E-state index is 0.0718. The average Bonchev–Trinajstić information content (AvgIpc) is 2.35. The van der Waals surface area contributed by atoms with E-state index in [9.17, 15) is 9.18 Å². The first-order valence-corrected chi connectivity index (χ1v) is 4.13. The van der Waals surface area contributed by atoms with E-state index in [4.69, 9.17) is 5.11 Å². The molecule has 1 saturated heterocycles. The van der Waals surface area contributed by atoms with E-state index in [1.807, 2.05) is 0 Å². The van der Waals surface area contributed by atoms with Crippen molar-refractivity contribution < 1.29 is 14.3 Å². The Morgan fingerprint density at radius 3 is 2.83 bits per heavy atom. The number of hydrogen-bond donors (Lipinski definition) is 2. The van der Waals surface area contributed by atoms with Gasteiger partial charge in [0.25, 0.3) is 0 Å². The molecule has 0 aromatic rings. The number of carbonyl (C=O) groups is 1. The van der Waals surface area contributed by atoms with Gasteiger partial charge in [-0.25, -0.2) is 4.39 Å². The van der Waals surface area contributed by atoms with E-state index in [1.165, 1.54) is 6.92 Å². The molecule has 70 valence electrons. The Morgan fingerprint density at radius 2 is 2.50 bits per heavy atom. The van der Waals surface area contributed by atoms with Crippen molar-refractivity contribution in [1.29, 1.82) is 0 Å².